The molecule has 4 rings (SSSR count). The van der Waals surface area contributed by atoms with Crippen LogP contribution in [0.25, 0.3) is 11.1 Å². The summed E-state index contributed by atoms with van der Waals surface area (Å²) in [5.41, 5.74) is 4.53. The van der Waals surface area contributed by atoms with Crippen molar-refractivity contribution in [3.05, 3.63) is 53.6 Å². The molecule has 2 aromatic carbocycles. The molecule has 26 heavy (non-hydrogen) atoms. The number of rotatable bonds is 3. The summed E-state index contributed by atoms with van der Waals surface area (Å²) in [5.74, 6) is 0.0712. The van der Waals surface area contributed by atoms with E-state index < -0.39 is 0 Å². The van der Waals surface area contributed by atoms with Crippen LogP contribution < -0.4 is 5.32 Å². The fourth-order valence-corrected chi connectivity index (χ4v) is 3.72. The number of methoxy groups -OCH3 is 1. The zero-order chi connectivity index (χ0) is 18.1. The molecule has 1 N–H and O–H groups in total. The Morgan fingerprint density at radius 3 is 2.88 bits per heavy atom. The van der Waals surface area contributed by atoms with E-state index in [0.717, 1.165) is 41.8 Å². The molecule has 0 saturated carbocycles. The van der Waals surface area contributed by atoms with Crippen LogP contribution in [0.1, 0.15) is 28.8 Å². The summed E-state index contributed by atoms with van der Waals surface area (Å²) in [7, 11) is 1.70. The van der Waals surface area contributed by atoms with E-state index in [9.17, 15) is 9.59 Å². The Kier molecular flexibility index (Phi) is 4.47. The van der Waals surface area contributed by atoms with Gasteiger partial charge in [0.05, 0.1) is 12.5 Å². The molecule has 0 spiro atoms. The third-order valence-corrected chi connectivity index (χ3v) is 5.18. The Bertz CT molecular complexity index is 862. The molecule has 5 nitrogen and oxygen atoms in total. The van der Waals surface area contributed by atoms with Gasteiger partial charge in [0, 0.05) is 31.5 Å². The van der Waals surface area contributed by atoms with Gasteiger partial charge in [-0.15, -0.1) is 0 Å². The van der Waals surface area contributed by atoms with Gasteiger partial charge in [-0.05, 0) is 47.7 Å². The van der Waals surface area contributed by atoms with Crippen molar-refractivity contribution in [1.82, 2.24) is 4.90 Å². The number of nitrogens with zero attached hydrogens (tertiary/aromatic N) is 1. The van der Waals surface area contributed by atoms with Crippen LogP contribution in [0.5, 0.6) is 0 Å². The number of carbonyl (C=O) groups is 2. The Morgan fingerprint density at radius 1 is 1.19 bits per heavy atom. The molecule has 0 aliphatic carbocycles. The van der Waals surface area contributed by atoms with Gasteiger partial charge in [0.25, 0.3) is 5.91 Å². The first-order chi connectivity index (χ1) is 12.6. The molecule has 2 aliphatic rings. The summed E-state index contributed by atoms with van der Waals surface area (Å²) in [6.45, 7) is 1.41. The van der Waals surface area contributed by atoms with E-state index >= 15 is 0 Å². The van der Waals surface area contributed by atoms with Crippen LogP contribution in [0.4, 0.5) is 5.69 Å². The quantitative estimate of drug-likeness (QED) is 0.925. The molecule has 0 radical (unpaired) electrons. The lowest BCUT2D eigenvalue weighted by Gasteiger charge is -2.32. The standard InChI is InChI=1S/C21H22N2O3/c1-26-18-6-3-9-23(13-18)21(25)17-5-2-4-14(10-17)15-7-8-16-12-20(24)22-19(16)11-15/h2,4-5,7-8,10-11,18H,3,6,9,12-13H2,1H3,(H,22,24). The molecule has 1 unspecified atom stereocenters. The summed E-state index contributed by atoms with van der Waals surface area (Å²) in [6.07, 6.45) is 2.52. The van der Waals surface area contributed by atoms with E-state index in [1.165, 1.54) is 0 Å². The maximum Gasteiger partial charge on any atom is 0.253 e. The molecule has 1 saturated heterocycles. The van der Waals surface area contributed by atoms with E-state index in [1.54, 1.807) is 7.11 Å². The van der Waals surface area contributed by atoms with Gasteiger partial charge in [-0.2, -0.15) is 0 Å². The van der Waals surface area contributed by atoms with Gasteiger partial charge in [-0.3, -0.25) is 9.59 Å². The lowest BCUT2D eigenvalue weighted by Crippen LogP contribution is -2.42. The molecular formula is C21H22N2O3. The van der Waals surface area contributed by atoms with Gasteiger partial charge in [-0.25, -0.2) is 0 Å². The lowest BCUT2D eigenvalue weighted by atomic mass is 9.99. The van der Waals surface area contributed by atoms with E-state index in [4.69, 9.17) is 4.74 Å². The number of piperidine rings is 1. The van der Waals surface area contributed by atoms with Crippen LogP contribution in [0.3, 0.4) is 0 Å². The minimum Gasteiger partial charge on any atom is -0.380 e. The number of anilines is 1. The maximum absolute atomic E-state index is 12.9. The maximum atomic E-state index is 12.9. The zero-order valence-corrected chi connectivity index (χ0v) is 14.8. The van der Waals surface area contributed by atoms with Crippen LogP contribution in [-0.4, -0.2) is 43.0 Å². The number of carbonyl (C=O) groups excluding carboxylic acids is 2. The van der Waals surface area contributed by atoms with Crippen molar-refractivity contribution in [3.63, 3.8) is 0 Å². The third kappa shape index (κ3) is 3.22. The number of hydrogen-bond acceptors (Lipinski definition) is 3. The summed E-state index contributed by atoms with van der Waals surface area (Å²) < 4.78 is 5.42. The van der Waals surface area contributed by atoms with Crippen molar-refractivity contribution in [1.29, 1.82) is 0 Å². The number of ether oxygens (including phenoxy) is 1. The van der Waals surface area contributed by atoms with Crippen molar-refractivity contribution < 1.29 is 14.3 Å². The van der Waals surface area contributed by atoms with Gasteiger partial charge in [0.15, 0.2) is 0 Å². The highest BCUT2D eigenvalue weighted by Gasteiger charge is 2.24. The summed E-state index contributed by atoms with van der Waals surface area (Å²) in [4.78, 5) is 26.3. The number of amides is 2. The van der Waals surface area contributed by atoms with Crippen LogP contribution in [-0.2, 0) is 16.0 Å². The molecule has 0 aromatic heterocycles. The molecule has 2 heterocycles. The Morgan fingerprint density at radius 2 is 2.04 bits per heavy atom. The zero-order valence-electron chi connectivity index (χ0n) is 14.8. The first-order valence-corrected chi connectivity index (χ1v) is 8.99. The fourth-order valence-electron chi connectivity index (χ4n) is 3.72. The van der Waals surface area contributed by atoms with Crippen LogP contribution in [0.15, 0.2) is 42.5 Å². The molecule has 5 heteroatoms. The van der Waals surface area contributed by atoms with Gasteiger partial charge >= 0.3 is 0 Å². The SMILES string of the molecule is COC1CCCN(C(=O)c2cccc(-c3ccc4c(c3)NC(=O)C4)c2)C1. The number of hydrogen-bond donors (Lipinski definition) is 1. The summed E-state index contributed by atoms with van der Waals surface area (Å²) in [6, 6.07) is 13.6. The highest BCUT2D eigenvalue weighted by atomic mass is 16.5. The Hall–Kier alpha value is -2.66. The predicted octanol–water partition coefficient (Wildman–Crippen LogP) is 3.10. The average molecular weight is 350 g/mol. The second-order valence-electron chi connectivity index (χ2n) is 6.93. The fraction of sp³-hybridized carbons (Fsp3) is 0.333. The van der Waals surface area contributed by atoms with Crippen molar-refractivity contribution in [2.75, 3.05) is 25.5 Å². The number of nitrogens with one attached hydrogen (secondary N) is 1. The topological polar surface area (TPSA) is 58.6 Å². The smallest absolute Gasteiger partial charge is 0.253 e. The van der Waals surface area contributed by atoms with E-state index in [0.29, 0.717) is 18.5 Å². The molecule has 2 aromatic rings. The predicted molar refractivity (Wildman–Crippen MR) is 100 cm³/mol. The molecule has 1 fully saturated rings. The Labute approximate surface area is 153 Å². The van der Waals surface area contributed by atoms with E-state index in [1.807, 2.05) is 47.4 Å². The van der Waals surface area contributed by atoms with Crippen molar-refractivity contribution >= 4 is 17.5 Å². The molecule has 0 bridgehead atoms. The first kappa shape index (κ1) is 16.8. The van der Waals surface area contributed by atoms with E-state index in [-0.39, 0.29) is 17.9 Å². The van der Waals surface area contributed by atoms with Crippen LogP contribution in [0, 0.1) is 0 Å². The minimum atomic E-state index is 0.0267. The van der Waals surface area contributed by atoms with Gasteiger partial charge in [0.2, 0.25) is 5.91 Å². The van der Waals surface area contributed by atoms with Crippen molar-refractivity contribution in [3.8, 4) is 11.1 Å². The van der Waals surface area contributed by atoms with Crippen molar-refractivity contribution in [2.45, 2.75) is 25.4 Å². The van der Waals surface area contributed by atoms with E-state index in [2.05, 4.69) is 5.32 Å². The highest BCUT2D eigenvalue weighted by molar-refractivity contribution is 6.00. The van der Waals surface area contributed by atoms with Gasteiger partial charge < -0.3 is 15.0 Å². The molecule has 2 amide bonds. The highest BCUT2D eigenvalue weighted by Crippen LogP contribution is 2.30. The average Bonchev–Trinajstić information content (AvgIpc) is 3.06. The number of fused-ring (bicyclic) bond motifs is 1. The van der Waals surface area contributed by atoms with Crippen LogP contribution in [0.2, 0.25) is 0 Å². The van der Waals surface area contributed by atoms with Gasteiger partial charge in [-0.1, -0.05) is 24.3 Å². The number of benzene rings is 2. The third-order valence-electron chi connectivity index (χ3n) is 5.18. The number of likely N-dealkylation sites (tertiary alicyclic amines) is 1. The summed E-state index contributed by atoms with van der Waals surface area (Å²) in [5, 5.41) is 2.88. The molecule has 1 atom stereocenters. The Balaban J connectivity index is 1.58. The normalized spacial score (nSPS) is 19.2. The minimum absolute atomic E-state index is 0.0267. The second kappa shape index (κ2) is 6.92. The molecular weight excluding hydrogens is 328 g/mol. The second-order valence-corrected chi connectivity index (χ2v) is 6.93. The largest absolute Gasteiger partial charge is 0.380 e. The molecule has 134 valence electrons. The first-order valence-electron chi connectivity index (χ1n) is 8.99. The van der Waals surface area contributed by atoms with Crippen molar-refractivity contribution in [2.24, 2.45) is 0 Å². The monoisotopic (exact) mass is 350 g/mol. The summed E-state index contributed by atoms with van der Waals surface area (Å²) >= 11 is 0. The van der Waals surface area contributed by atoms with Gasteiger partial charge in [0.1, 0.15) is 0 Å². The molecule has 2 aliphatic heterocycles. The lowest BCUT2D eigenvalue weighted by molar-refractivity contribution is -0.115. The van der Waals surface area contributed by atoms with Crippen LogP contribution >= 0.6 is 0 Å².